The van der Waals surface area contributed by atoms with E-state index in [0.717, 1.165) is 16.3 Å². The molecule has 22 heavy (non-hydrogen) atoms. The summed E-state index contributed by atoms with van der Waals surface area (Å²) in [5, 5.41) is 6.05. The molecule has 0 saturated carbocycles. The van der Waals surface area contributed by atoms with Gasteiger partial charge in [0.15, 0.2) is 10.3 Å². The number of hydrogen-bond donors (Lipinski definition) is 2. The number of nitrogens with two attached hydrogens (primary N) is 1. The van der Waals surface area contributed by atoms with Crippen molar-refractivity contribution in [2.24, 2.45) is 0 Å². The predicted molar refractivity (Wildman–Crippen MR) is 91.8 cm³/mol. The first-order valence-corrected chi connectivity index (χ1v) is 8.36. The zero-order valence-corrected chi connectivity index (χ0v) is 13.9. The first-order valence-electron chi connectivity index (χ1n) is 6.29. The number of carbonyl (C=O) groups is 1. The Kier molecular flexibility index (Phi) is 4.10. The van der Waals surface area contributed by atoms with Crippen molar-refractivity contribution in [3.63, 3.8) is 0 Å². The van der Waals surface area contributed by atoms with Gasteiger partial charge < -0.3 is 5.73 Å². The molecule has 0 radical (unpaired) electrons. The maximum atomic E-state index is 12.2. The molecule has 0 aliphatic rings. The van der Waals surface area contributed by atoms with E-state index in [4.69, 9.17) is 17.3 Å². The average molecular weight is 351 g/mol. The van der Waals surface area contributed by atoms with Gasteiger partial charge in [-0.15, -0.1) is 11.3 Å². The molecule has 2 heterocycles. The van der Waals surface area contributed by atoms with Crippen LogP contribution in [0.2, 0.25) is 5.02 Å². The van der Waals surface area contributed by atoms with Crippen LogP contribution in [0.15, 0.2) is 29.6 Å². The molecule has 112 valence electrons. The van der Waals surface area contributed by atoms with Crippen LogP contribution >= 0.6 is 34.3 Å². The number of rotatable bonds is 3. The summed E-state index contributed by atoms with van der Waals surface area (Å²) in [4.78, 5) is 21.7. The number of hydrogen-bond acceptors (Lipinski definition) is 6. The Balaban J connectivity index is 1.85. The molecule has 1 aromatic carbocycles. The van der Waals surface area contributed by atoms with Gasteiger partial charge in [0.25, 0.3) is 5.91 Å². The quantitative estimate of drug-likeness (QED) is 0.746. The minimum Gasteiger partial charge on any atom is -0.375 e. The molecular formula is C14H11ClN4OS2. The van der Waals surface area contributed by atoms with Gasteiger partial charge in [-0.1, -0.05) is 35.1 Å². The molecule has 3 N–H and O–H groups in total. The number of amides is 1. The standard InChI is InChI=1S/C14H11ClN4OS2/c1-7-11(10-6-21-13(16)18-10)22-14(17-7)19-12(20)8-4-2-3-5-9(8)15/h2-6H,1H3,(H2,16,18)(H,17,19,20). The Labute approximate surface area is 139 Å². The fraction of sp³-hybridized carbons (Fsp3) is 0.0714. The van der Waals surface area contributed by atoms with Crippen LogP contribution in [0.25, 0.3) is 10.6 Å². The van der Waals surface area contributed by atoms with Crippen molar-refractivity contribution < 1.29 is 4.79 Å². The number of nitrogens with zero attached hydrogens (tertiary/aromatic N) is 2. The highest BCUT2D eigenvalue weighted by atomic mass is 35.5. The van der Waals surface area contributed by atoms with Gasteiger partial charge >= 0.3 is 0 Å². The van der Waals surface area contributed by atoms with Gasteiger partial charge in [-0.2, -0.15) is 0 Å². The van der Waals surface area contributed by atoms with E-state index in [9.17, 15) is 4.79 Å². The second-order valence-corrected chi connectivity index (χ2v) is 6.73. The Morgan fingerprint density at radius 3 is 2.77 bits per heavy atom. The monoisotopic (exact) mass is 350 g/mol. The van der Waals surface area contributed by atoms with Crippen LogP contribution in [0, 0.1) is 6.92 Å². The first kappa shape index (κ1) is 15.0. The fourth-order valence-electron chi connectivity index (χ4n) is 1.89. The van der Waals surface area contributed by atoms with Gasteiger partial charge in [-0.25, -0.2) is 9.97 Å². The molecule has 0 aliphatic carbocycles. The third kappa shape index (κ3) is 2.96. The highest BCUT2D eigenvalue weighted by Gasteiger charge is 2.16. The van der Waals surface area contributed by atoms with E-state index in [2.05, 4.69) is 15.3 Å². The largest absolute Gasteiger partial charge is 0.375 e. The topological polar surface area (TPSA) is 80.9 Å². The lowest BCUT2D eigenvalue weighted by molar-refractivity contribution is 0.102. The summed E-state index contributed by atoms with van der Waals surface area (Å²) in [6.45, 7) is 1.87. The van der Waals surface area contributed by atoms with Crippen LogP contribution in [0.4, 0.5) is 10.3 Å². The van der Waals surface area contributed by atoms with Crippen LogP contribution < -0.4 is 11.1 Å². The van der Waals surface area contributed by atoms with Gasteiger partial charge in [-0.05, 0) is 19.1 Å². The summed E-state index contributed by atoms with van der Waals surface area (Å²) in [5.41, 5.74) is 7.64. The molecule has 0 bridgehead atoms. The van der Waals surface area contributed by atoms with Gasteiger partial charge in [0.2, 0.25) is 0 Å². The minimum absolute atomic E-state index is 0.288. The Morgan fingerprint density at radius 1 is 1.32 bits per heavy atom. The highest BCUT2D eigenvalue weighted by molar-refractivity contribution is 7.19. The number of benzene rings is 1. The summed E-state index contributed by atoms with van der Waals surface area (Å²) in [5.74, 6) is -0.288. The summed E-state index contributed by atoms with van der Waals surface area (Å²) < 4.78 is 0. The normalized spacial score (nSPS) is 10.6. The molecule has 0 aliphatic heterocycles. The number of nitrogens with one attached hydrogen (secondary N) is 1. The zero-order chi connectivity index (χ0) is 15.7. The van der Waals surface area contributed by atoms with E-state index in [1.165, 1.54) is 22.7 Å². The third-order valence-electron chi connectivity index (χ3n) is 2.89. The lowest BCUT2D eigenvalue weighted by atomic mass is 10.2. The molecular weight excluding hydrogens is 340 g/mol. The Bertz CT molecular complexity index is 843. The van der Waals surface area contributed by atoms with Crippen molar-refractivity contribution >= 4 is 50.4 Å². The first-order chi connectivity index (χ1) is 10.5. The third-order valence-corrected chi connectivity index (χ3v) is 4.99. The van der Waals surface area contributed by atoms with E-state index in [0.29, 0.717) is 20.8 Å². The van der Waals surface area contributed by atoms with Crippen LogP contribution in [-0.2, 0) is 0 Å². The molecule has 0 spiro atoms. The molecule has 0 unspecified atom stereocenters. The van der Waals surface area contributed by atoms with Crippen LogP contribution in [0.5, 0.6) is 0 Å². The number of anilines is 2. The molecule has 3 aromatic rings. The molecule has 0 fully saturated rings. The Hall–Kier alpha value is -1.96. The molecule has 5 nitrogen and oxygen atoms in total. The number of nitrogen functional groups attached to an aromatic ring is 1. The Morgan fingerprint density at radius 2 is 2.09 bits per heavy atom. The fourth-order valence-corrected chi connectivity index (χ4v) is 3.66. The van der Waals surface area contributed by atoms with Gasteiger partial charge in [0.05, 0.1) is 26.9 Å². The summed E-state index contributed by atoms with van der Waals surface area (Å²) in [6.07, 6.45) is 0. The van der Waals surface area contributed by atoms with Crippen molar-refractivity contribution in [2.75, 3.05) is 11.1 Å². The number of aryl methyl sites for hydroxylation is 1. The summed E-state index contributed by atoms with van der Waals surface area (Å²) in [7, 11) is 0. The summed E-state index contributed by atoms with van der Waals surface area (Å²) >= 11 is 8.75. The maximum Gasteiger partial charge on any atom is 0.258 e. The average Bonchev–Trinajstić information content (AvgIpc) is 3.05. The smallest absolute Gasteiger partial charge is 0.258 e. The van der Waals surface area contributed by atoms with Gasteiger partial charge in [0.1, 0.15) is 0 Å². The van der Waals surface area contributed by atoms with Crippen LogP contribution in [-0.4, -0.2) is 15.9 Å². The van der Waals surface area contributed by atoms with Crippen molar-refractivity contribution in [1.29, 1.82) is 0 Å². The van der Waals surface area contributed by atoms with E-state index >= 15 is 0 Å². The molecule has 1 amide bonds. The molecule has 0 atom stereocenters. The van der Waals surface area contributed by atoms with Crippen molar-refractivity contribution in [3.8, 4) is 10.6 Å². The maximum absolute atomic E-state index is 12.2. The van der Waals surface area contributed by atoms with Crippen molar-refractivity contribution in [2.45, 2.75) is 6.92 Å². The van der Waals surface area contributed by atoms with Crippen molar-refractivity contribution in [3.05, 3.63) is 45.9 Å². The number of aromatic nitrogens is 2. The molecule has 8 heteroatoms. The SMILES string of the molecule is Cc1nc(NC(=O)c2ccccc2Cl)sc1-c1csc(N)n1. The lowest BCUT2D eigenvalue weighted by Crippen LogP contribution is -2.12. The molecule has 3 rings (SSSR count). The highest BCUT2D eigenvalue weighted by Crippen LogP contribution is 2.34. The molecule has 0 saturated heterocycles. The van der Waals surface area contributed by atoms with E-state index in [1.54, 1.807) is 24.3 Å². The van der Waals surface area contributed by atoms with E-state index < -0.39 is 0 Å². The van der Waals surface area contributed by atoms with E-state index in [1.807, 2.05) is 12.3 Å². The van der Waals surface area contributed by atoms with Gasteiger partial charge in [-0.3, -0.25) is 10.1 Å². The van der Waals surface area contributed by atoms with Crippen molar-refractivity contribution in [1.82, 2.24) is 9.97 Å². The van der Waals surface area contributed by atoms with E-state index in [-0.39, 0.29) is 5.91 Å². The molecule has 2 aromatic heterocycles. The summed E-state index contributed by atoms with van der Waals surface area (Å²) in [6, 6.07) is 6.88. The van der Waals surface area contributed by atoms with Gasteiger partial charge in [0, 0.05) is 5.38 Å². The lowest BCUT2D eigenvalue weighted by Gasteiger charge is -2.03. The second-order valence-electron chi connectivity index (χ2n) is 4.44. The van der Waals surface area contributed by atoms with Crippen LogP contribution in [0.3, 0.4) is 0 Å². The second kappa shape index (κ2) is 6.04. The zero-order valence-electron chi connectivity index (χ0n) is 11.5. The predicted octanol–water partition coefficient (Wildman–Crippen LogP) is 4.06. The number of carbonyl (C=O) groups excluding carboxylic acids is 1. The number of thiazole rings is 2. The minimum atomic E-state index is -0.288. The van der Waals surface area contributed by atoms with Crippen LogP contribution in [0.1, 0.15) is 16.1 Å². The number of halogens is 1.